The molecule has 9 heteroatoms. The van der Waals surface area contributed by atoms with Crippen LogP contribution in [0.4, 0.5) is 4.79 Å². The summed E-state index contributed by atoms with van der Waals surface area (Å²) in [6, 6.07) is 18.1. The highest BCUT2D eigenvalue weighted by Crippen LogP contribution is 2.38. The van der Waals surface area contributed by atoms with Gasteiger partial charge in [-0.3, -0.25) is 9.59 Å². The lowest BCUT2D eigenvalue weighted by molar-refractivity contribution is -0.218. The molecule has 2 N–H and O–H groups in total. The van der Waals surface area contributed by atoms with Crippen LogP contribution in [0.1, 0.15) is 30.4 Å². The van der Waals surface area contributed by atoms with E-state index >= 15 is 0 Å². The molecular weight excluding hydrogens is 542 g/mol. The summed E-state index contributed by atoms with van der Waals surface area (Å²) in [6.45, 7) is 0.00229. The third-order valence-electron chi connectivity index (χ3n) is 6.66. The minimum absolute atomic E-state index is 0.0469. The summed E-state index contributed by atoms with van der Waals surface area (Å²) in [6.07, 6.45) is 0.679. The number of imide groups is 1. The predicted octanol–water partition coefficient (Wildman–Crippen LogP) is 3.53. The summed E-state index contributed by atoms with van der Waals surface area (Å²) < 4.78 is 11.4. The number of aliphatic hydroxyl groups excluding tert-OH is 1. The van der Waals surface area contributed by atoms with Crippen LogP contribution < -0.4 is 0 Å². The molecular formula is C28H30BrNO7. The molecule has 37 heavy (non-hydrogen) atoms. The van der Waals surface area contributed by atoms with Crippen LogP contribution >= 0.6 is 15.9 Å². The Hall–Kier alpha value is -2.85. The van der Waals surface area contributed by atoms with Crippen LogP contribution in [0.5, 0.6) is 0 Å². The number of carbonyl (C=O) groups is 3. The van der Waals surface area contributed by atoms with Gasteiger partial charge in [-0.1, -0.05) is 60.7 Å². The van der Waals surface area contributed by atoms with Crippen molar-refractivity contribution in [3.63, 3.8) is 0 Å². The zero-order chi connectivity index (χ0) is 26.4. The summed E-state index contributed by atoms with van der Waals surface area (Å²) in [7, 11) is 0. The van der Waals surface area contributed by atoms with Crippen LogP contribution in [0, 0.1) is 5.92 Å². The third-order valence-corrected chi connectivity index (χ3v) is 7.51. The molecule has 2 heterocycles. The number of halogens is 1. The van der Waals surface area contributed by atoms with Crippen molar-refractivity contribution in [3.05, 3.63) is 82.3 Å². The Bertz CT molecular complexity index is 1140. The highest BCUT2D eigenvalue weighted by atomic mass is 79.9. The van der Waals surface area contributed by atoms with Gasteiger partial charge in [0.05, 0.1) is 16.4 Å². The second kappa shape index (κ2) is 12.1. The molecule has 0 spiro atoms. The highest BCUT2D eigenvalue weighted by Gasteiger charge is 2.49. The van der Waals surface area contributed by atoms with Gasteiger partial charge in [-0.2, -0.15) is 0 Å². The van der Waals surface area contributed by atoms with Gasteiger partial charge in [0.2, 0.25) is 5.91 Å². The number of carbonyl (C=O) groups excluding carboxylic acids is 3. The SMILES string of the molecule is O=C1C=C(Br)C(O)(CCCCO)OC1C(Cc1ccccc1)C(=O)N1C(=O)OCC1Cc1ccccc1. The molecule has 0 aromatic heterocycles. The summed E-state index contributed by atoms with van der Waals surface area (Å²) >= 11 is 3.24. The van der Waals surface area contributed by atoms with Crippen molar-refractivity contribution in [2.45, 2.75) is 50.0 Å². The molecule has 2 amide bonds. The lowest BCUT2D eigenvalue weighted by Crippen LogP contribution is -2.53. The van der Waals surface area contributed by atoms with E-state index < -0.39 is 41.6 Å². The van der Waals surface area contributed by atoms with Crippen molar-refractivity contribution >= 4 is 33.7 Å². The molecule has 196 valence electrons. The lowest BCUT2D eigenvalue weighted by atomic mass is 9.87. The molecule has 4 unspecified atom stereocenters. The monoisotopic (exact) mass is 571 g/mol. The van der Waals surface area contributed by atoms with Gasteiger partial charge in [-0.25, -0.2) is 9.69 Å². The summed E-state index contributed by atoms with van der Waals surface area (Å²) in [5.74, 6) is -3.99. The summed E-state index contributed by atoms with van der Waals surface area (Å²) in [5.41, 5.74) is 1.72. The molecule has 0 aliphatic carbocycles. The first-order valence-corrected chi connectivity index (χ1v) is 13.1. The van der Waals surface area contributed by atoms with E-state index in [-0.39, 0.29) is 30.5 Å². The predicted molar refractivity (Wildman–Crippen MR) is 139 cm³/mol. The average molecular weight is 572 g/mol. The maximum absolute atomic E-state index is 14.0. The number of ketones is 1. The van der Waals surface area contributed by atoms with Gasteiger partial charge in [0.25, 0.3) is 0 Å². The normalized spacial score (nSPS) is 24.5. The largest absolute Gasteiger partial charge is 0.447 e. The molecule has 1 saturated heterocycles. The smallest absolute Gasteiger partial charge is 0.416 e. The number of hydrogen-bond donors (Lipinski definition) is 2. The number of benzene rings is 2. The van der Waals surface area contributed by atoms with Gasteiger partial charge in [0, 0.05) is 13.0 Å². The van der Waals surface area contributed by atoms with Crippen LogP contribution in [-0.4, -0.2) is 64.0 Å². The molecule has 2 aromatic carbocycles. The Morgan fingerprint density at radius 3 is 2.35 bits per heavy atom. The number of amides is 2. The van der Waals surface area contributed by atoms with Crippen molar-refractivity contribution in [1.29, 1.82) is 0 Å². The second-order valence-electron chi connectivity index (χ2n) is 9.32. The molecule has 4 rings (SSSR count). The zero-order valence-electron chi connectivity index (χ0n) is 20.3. The summed E-state index contributed by atoms with van der Waals surface area (Å²) in [4.78, 5) is 41.0. The van der Waals surface area contributed by atoms with E-state index in [1.807, 2.05) is 60.7 Å². The molecule has 1 fully saturated rings. The Labute approximate surface area is 224 Å². The Morgan fingerprint density at radius 2 is 1.70 bits per heavy atom. The maximum atomic E-state index is 14.0. The molecule has 2 aliphatic heterocycles. The molecule has 8 nitrogen and oxygen atoms in total. The first kappa shape index (κ1) is 27.2. The lowest BCUT2D eigenvalue weighted by Gasteiger charge is -2.38. The van der Waals surface area contributed by atoms with Crippen LogP contribution in [0.2, 0.25) is 0 Å². The quantitative estimate of drug-likeness (QED) is 0.419. The Morgan fingerprint density at radius 1 is 1.05 bits per heavy atom. The van der Waals surface area contributed by atoms with Gasteiger partial charge in [0.15, 0.2) is 11.6 Å². The van der Waals surface area contributed by atoms with Gasteiger partial charge in [-0.15, -0.1) is 0 Å². The van der Waals surface area contributed by atoms with Crippen molar-refractivity contribution < 1.29 is 34.1 Å². The number of cyclic esters (lactones) is 1. The van der Waals surface area contributed by atoms with E-state index in [9.17, 15) is 19.5 Å². The number of rotatable bonds is 10. The van der Waals surface area contributed by atoms with Gasteiger partial charge in [-0.05, 0) is 58.8 Å². The fourth-order valence-corrected chi connectivity index (χ4v) is 5.23. The average Bonchev–Trinajstić information content (AvgIpc) is 3.26. The molecule has 2 aliphatic rings. The first-order chi connectivity index (χ1) is 17.8. The van der Waals surface area contributed by atoms with Crippen LogP contribution in [-0.2, 0) is 31.9 Å². The van der Waals surface area contributed by atoms with Crippen molar-refractivity contribution in [1.82, 2.24) is 4.90 Å². The van der Waals surface area contributed by atoms with Gasteiger partial charge < -0.3 is 19.7 Å². The summed E-state index contributed by atoms with van der Waals surface area (Å²) in [5, 5.41) is 20.4. The van der Waals surface area contributed by atoms with Gasteiger partial charge >= 0.3 is 6.09 Å². The Kier molecular flexibility index (Phi) is 8.91. The topological polar surface area (TPSA) is 113 Å². The molecule has 0 bridgehead atoms. The van der Waals surface area contributed by atoms with E-state index in [0.29, 0.717) is 19.3 Å². The molecule has 2 aromatic rings. The fraction of sp³-hybridized carbons (Fsp3) is 0.393. The number of unbranched alkanes of at least 4 members (excludes halogenated alkanes) is 1. The minimum atomic E-state index is -1.84. The number of hydrogen-bond acceptors (Lipinski definition) is 7. The standard InChI is InChI=1S/C28H30BrNO7/c29-24-17-23(32)25(37-28(24,35)13-7-8-14-31)22(16-20-11-5-2-6-12-20)26(33)30-21(18-36-27(30)34)15-19-9-3-1-4-10-19/h1-6,9-12,17,21-22,25,31,35H,7-8,13-16,18H2. The van der Waals surface area contributed by atoms with E-state index in [0.717, 1.165) is 16.0 Å². The van der Waals surface area contributed by atoms with Crippen molar-refractivity contribution in [2.24, 2.45) is 5.92 Å². The second-order valence-corrected chi connectivity index (χ2v) is 10.2. The van der Waals surface area contributed by atoms with Crippen molar-refractivity contribution in [3.8, 4) is 0 Å². The Balaban J connectivity index is 1.65. The van der Waals surface area contributed by atoms with Crippen LogP contribution in [0.3, 0.4) is 0 Å². The van der Waals surface area contributed by atoms with E-state index in [2.05, 4.69) is 15.9 Å². The number of ether oxygens (including phenoxy) is 2. The van der Waals surface area contributed by atoms with Crippen LogP contribution in [0.15, 0.2) is 71.2 Å². The highest BCUT2D eigenvalue weighted by molar-refractivity contribution is 9.11. The van der Waals surface area contributed by atoms with Crippen LogP contribution in [0.25, 0.3) is 0 Å². The first-order valence-electron chi connectivity index (χ1n) is 12.3. The maximum Gasteiger partial charge on any atom is 0.416 e. The van der Waals surface area contributed by atoms with Gasteiger partial charge in [0.1, 0.15) is 12.7 Å². The fourth-order valence-electron chi connectivity index (χ4n) is 4.72. The van der Waals surface area contributed by atoms with E-state index in [4.69, 9.17) is 14.6 Å². The number of nitrogens with zero attached hydrogens (tertiary/aromatic N) is 1. The zero-order valence-corrected chi connectivity index (χ0v) is 21.9. The number of aliphatic hydroxyl groups is 2. The van der Waals surface area contributed by atoms with Crippen molar-refractivity contribution in [2.75, 3.05) is 13.2 Å². The third kappa shape index (κ3) is 6.35. The van der Waals surface area contributed by atoms with E-state index in [1.165, 1.54) is 6.08 Å². The molecule has 0 radical (unpaired) electrons. The van der Waals surface area contributed by atoms with E-state index in [1.54, 1.807) is 0 Å². The minimum Gasteiger partial charge on any atom is -0.447 e. The molecule has 4 atom stereocenters. The molecule has 0 saturated carbocycles.